The van der Waals surface area contributed by atoms with Gasteiger partial charge in [0, 0.05) is 16.6 Å². The third-order valence-electron chi connectivity index (χ3n) is 3.15. The molecule has 0 aliphatic rings. The van der Waals surface area contributed by atoms with Crippen LogP contribution in [0.15, 0.2) is 24.3 Å². The van der Waals surface area contributed by atoms with Crippen LogP contribution < -0.4 is 11.1 Å². The third-order valence-corrected chi connectivity index (χ3v) is 4.52. The number of aliphatic hydroxyl groups excluding tert-OH is 1. The SMILES string of the molecule is CC(C)SCC[C@@H](N)[C@H](O)C(=O)NCC(=O)c1cccc(Cl)c1. The summed E-state index contributed by atoms with van der Waals surface area (Å²) in [4.78, 5) is 23.8. The van der Waals surface area contributed by atoms with Crippen molar-refractivity contribution in [3.05, 3.63) is 34.9 Å². The Morgan fingerprint density at radius 1 is 1.39 bits per heavy atom. The van der Waals surface area contributed by atoms with Crippen LogP contribution in [0.2, 0.25) is 5.02 Å². The second-order valence-electron chi connectivity index (χ2n) is 5.47. The van der Waals surface area contributed by atoms with Gasteiger partial charge in [-0.3, -0.25) is 9.59 Å². The number of aliphatic hydroxyl groups is 1. The van der Waals surface area contributed by atoms with Gasteiger partial charge in [-0.25, -0.2) is 0 Å². The Balaban J connectivity index is 2.41. The van der Waals surface area contributed by atoms with Crippen LogP contribution in [0.1, 0.15) is 30.6 Å². The maximum absolute atomic E-state index is 12.0. The van der Waals surface area contributed by atoms with Crippen LogP contribution in [0.5, 0.6) is 0 Å². The van der Waals surface area contributed by atoms with Gasteiger partial charge < -0.3 is 16.2 Å². The summed E-state index contributed by atoms with van der Waals surface area (Å²) in [6.45, 7) is 3.94. The summed E-state index contributed by atoms with van der Waals surface area (Å²) in [6, 6.07) is 5.82. The number of benzene rings is 1. The zero-order valence-electron chi connectivity index (χ0n) is 13.3. The van der Waals surface area contributed by atoms with Crippen molar-refractivity contribution in [3.8, 4) is 0 Å². The number of amides is 1. The molecule has 0 aliphatic carbocycles. The summed E-state index contributed by atoms with van der Waals surface area (Å²) >= 11 is 7.53. The average molecular weight is 359 g/mol. The molecule has 1 aromatic rings. The van der Waals surface area contributed by atoms with E-state index in [-0.39, 0.29) is 12.3 Å². The number of thioether (sulfide) groups is 1. The van der Waals surface area contributed by atoms with Crippen molar-refractivity contribution in [1.82, 2.24) is 5.32 Å². The molecule has 0 saturated carbocycles. The molecule has 0 spiro atoms. The summed E-state index contributed by atoms with van der Waals surface area (Å²) < 4.78 is 0. The van der Waals surface area contributed by atoms with Crippen LogP contribution in [0.4, 0.5) is 0 Å². The normalized spacial score (nSPS) is 13.7. The molecule has 0 aliphatic heterocycles. The molecule has 0 bridgehead atoms. The monoisotopic (exact) mass is 358 g/mol. The van der Waals surface area contributed by atoms with Gasteiger partial charge in [-0.1, -0.05) is 37.6 Å². The van der Waals surface area contributed by atoms with Crippen LogP contribution in [-0.2, 0) is 4.79 Å². The van der Waals surface area contributed by atoms with Crippen LogP contribution in [0, 0.1) is 0 Å². The van der Waals surface area contributed by atoms with Crippen LogP contribution in [0.25, 0.3) is 0 Å². The standard InChI is InChI=1S/C16H23ClN2O3S/c1-10(2)23-7-6-13(18)15(21)16(22)19-9-14(20)11-4-3-5-12(17)8-11/h3-5,8,10,13,15,21H,6-7,9,18H2,1-2H3,(H,19,22)/t13-,15+/m1/s1. The molecule has 128 valence electrons. The molecule has 0 fully saturated rings. The molecule has 1 aromatic carbocycles. The first-order valence-electron chi connectivity index (χ1n) is 7.43. The lowest BCUT2D eigenvalue weighted by molar-refractivity contribution is -0.130. The summed E-state index contributed by atoms with van der Waals surface area (Å²) in [7, 11) is 0. The number of rotatable bonds is 9. The number of hydrogen-bond donors (Lipinski definition) is 3. The van der Waals surface area contributed by atoms with Gasteiger partial charge in [0.15, 0.2) is 5.78 Å². The first-order valence-corrected chi connectivity index (χ1v) is 8.85. The Labute approximate surface area is 146 Å². The van der Waals surface area contributed by atoms with Crippen molar-refractivity contribution in [2.75, 3.05) is 12.3 Å². The smallest absolute Gasteiger partial charge is 0.250 e. The molecular weight excluding hydrogens is 336 g/mol. The van der Waals surface area contributed by atoms with Gasteiger partial charge in [-0.05, 0) is 29.6 Å². The Kier molecular flexibility index (Phi) is 8.62. The first-order chi connectivity index (χ1) is 10.8. The predicted molar refractivity (Wildman–Crippen MR) is 95.0 cm³/mol. The lowest BCUT2D eigenvalue weighted by Gasteiger charge is -2.18. The lowest BCUT2D eigenvalue weighted by atomic mass is 10.1. The molecule has 1 amide bonds. The molecule has 5 nitrogen and oxygen atoms in total. The second kappa shape index (κ2) is 9.93. The quantitative estimate of drug-likeness (QED) is 0.586. The first kappa shape index (κ1) is 20.0. The maximum Gasteiger partial charge on any atom is 0.250 e. The minimum absolute atomic E-state index is 0.205. The van der Waals surface area contributed by atoms with Gasteiger partial charge in [-0.2, -0.15) is 11.8 Å². The van der Waals surface area contributed by atoms with E-state index in [2.05, 4.69) is 19.2 Å². The van der Waals surface area contributed by atoms with Gasteiger partial charge in [-0.15, -0.1) is 0 Å². The van der Waals surface area contributed by atoms with Crippen molar-refractivity contribution < 1.29 is 14.7 Å². The molecule has 4 N–H and O–H groups in total. The van der Waals surface area contributed by atoms with Crippen molar-refractivity contribution in [3.63, 3.8) is 0 Å². The van der Waals surface area contributed by atoms with Crippen molar-refractivity contribution in [2.24, 2.45) is 5.73 Å². The number of halogens is 1. The van der Waals surface area contributed by atoms with E-state index in [1.165, 1.54) is 6.07 Å². The minimum atomic E-state index is -1.32. The number of ketones is 1. The van der Waals surface area contributed by atoms with E-state index in [4.69, 9.17) is 17.3 Å². The van der Waals surface area contributed by atoms with E-state index in [1.807, 2.05) is 0 Å². The molecule has 0 saturated heterocycles. The van der Waals surface area contributed by atoms with Crippen LogP contribution in [-0.4, -0.2) is 46.5 Å². The van der Waals surface area contributed by atoms with Gasteiger partial charge in [0.2, 0.25) is 0 Å². The Bertz CT molecular complexity index is 540. The van der Waals surface area contributed by atoms with Crippen molar-refractivity contribution in [2.45, 2.75) is 37.7 Å². The zero-order chi connectivity index (χ0) is 17.4. The fourth-order valence-electron chi connectivity index (χ4n) is 1.83. The number of nitrogens with two attached hydrogens (primary N) is 1. The molecule has 0 heterocycles. The number of nitrogens with one attached hydrogen (secondary N) is 1. The predicted octanol–water partition coefficient (Wildman–Crippen LogP) is 1.86. The molecule has 23 heavy (non-hydrogen) atoms. The van der Waals surface area contributed by atoms with E-state index >= 15 is 0 Å². The van der Waals surface area contributed by atoms with Crippen LogP contribution >= 0.6 is 23.4 Å². The highest BCUT2D eigenvalue weighted by atomic mass is 35.5. The molecule has 7 heteroatoms. The minimum Gasteiger partial charge on any atom is -0.382 e. The largest absolute Gasteiger partial charge is 0.382 e. The summed E-state index contributed by atoms with van der Waals surface area (Å²) in [5, 5.41) is 13.2. The Morgan fingerprint density at radius 3 is 2.70 bits per heavy atom. The number of Topliss-reactive ketones (excluding diaryl/α,β-unsaturated/α-hetero) is 1. The van der Waals surface area contributed by atoms with E-state index < -0.39 is 18.1 Å². The third kappa shape index (κ3) is 7.35. The highest BCUT2D eigenvalue weighted by Gasteiger charge is 2.23. The van der Waals surface area contributed by atoms with Crippen LogP contribution in [0.3, 0.4) is 0 Å². The Hall–Kier alpha value is -1.08. The highest BCUT2D eigenvalue weighted by Crippen LogP contribution is 2.13. The second-order valence-corrected chi connectivity index (χ2v) is 7.59. The van der Waals surface area contributed by atoms with Gasteiger partial charge in [0.05, 0.1) is 6.54 Å². The fourth-order valence-corrected chi connectivity index (χ4v) is 2.90. The molecule has 0 radical (unpaired) electrons. The van der Waals surface area contributed by atoms with E-state index in [0.717, 1.165) is 5.75 Å². The summed E-state index contributed by atoms with van der Waals surface area (Å²) in [5.41, 5.74) is 6.22. The number of hydrogen-bond acceptors (Lipinski definition) is 5. The summed E-state index contributed by atoms with van der Waals surface area (Å²) in [5.74, 6) is -0.149. The lowest BCUT2D eigenvalue weighted by Crippen LogP contribution is -2.47. The zero-order valence-corrected chi connectivity index (χ0v) is 14.9. The molecule has 1 rings (SSSR count). The highest BCUT2D eigenvalue weighted by molar-refractivity contribution is 7.99. The van der Waals surface area contributed by atoms with E-state index in [9.17, 15) is 14.7 Å². The molecule has 0 unspecified atom stereocenters. The van der Waals surface area contributed by atoms with Crippen molar-refractivity contribution in [1.29, 1.82) is 0 Å². The molecular formula is C16H23ClN2O3S. The maximum atomic E-state index is 12.0. The Morgan fingerprint density at radius 2 is 2.09 bits per heavy atom. The van der Waals surface area contributed by atoms with E-state index in [0.29, 0.717) is 22.3 Å². The van der Waals surface area contributed by atoms with E-state index in [1.54, 1.807) is 30.0 Å². The van der Waals surface area contributed by atoms with Gasteiger partial charge in [0.25, 0.3) is 5.91 Å². The van der Waals surface area contributed by atoms with Gasteiger partial charge in [0.1, 0.15) is 6.10 Å². The topological polar surface area (TPSA) is 92.4 Å². The molecule has 2 atom stereocenters. The number of carbonyl (C=O) groups is 2. The molecule has 0 aromatic heterocycles. The summed E-state index contributed by atoms with van der Waals surface area (Å²) in [6.07, 6.45) is -0.797. The van der Waals surface area contributed by atoms with Gasteiger partial charge >= 0.3 is 0 Å². The van der Waals surface area contributed by atoms with Crippen molar-refractivity contribution >= 4 is 35.1 Å². The average Bonchev–Trinajstić information content (AvgIpc) is 2.50. The fraction of sp³-hybridized carbons (Fsp3) is 0.500. The number of carbonyl (C=O) groups excluding carboxylic acids is 2.